The summed E-state index contributed by atoms with van der Waals surface area (Å²) in [4.78, 5) is 26.4. The Morgan fingerprint density at radius 2 is 1.95 bits per heavy atom. The summed E-state index contributed by atoms with van der Waals surface area (Å²) >= 11 is 0. The van der Waals surface area contributed by atoms with Crippen molar-refractivity contribution in [2.45, 2.75) is 6.92 Å². The van der Waals surface area contributed by atoms with Crippen LogP contribution in [0.1, 0.15) is 26.4 Å². The fourth-order valence-corrected chi connectivity index (χ4v) is 1.67. The van der Waals surface area contributed by atoms with Gasteiger partial charge < -0.3 is 11.1 Å². The summed E-state index contributed by atoms with van der Waals surface area (Å²) in [5.74, 6) is -3.04. The Labute approximate surface area is 118 Å². The minimum absolute atomic E-state index is 0.0693. The Morgan fingerprint density at radius 1 is 1.24 bits per heavy atom. The van der Waals surface area contributed by atoms with Gasteiger partial charge in [0.25, 0.3) is 5.91 Å². The number of nitrogens with two attached hydrogens (primary N) is 1. The molecule has 2 aromatic rings. The highest BCUT2D eigenvalue weighted by molar-refractivity contribution is 6.04. The van der Waals surface area contributed by atoms with Crippen molar-refractivity contribution in [2.24, 2.45) is 5.73 Å². The van der Waals surface area contributed by atoms with Crippen molar-refractivity contribution in [1.29, 1.82) is 0 Å². The number of nitrogens with zero attached hydrogens (tertiary/aromatic N) is 1. The number of benzene rings is 1. The maximum absolute atomic E-state index is 13.7. The van der Waals surface area contributed by atoms with Crippen molar-refractivity contribution < 1.29 is 18.4 Å². The number of aromatic nitrogens is 1. The molecule has 0 unspecified atom stereocenters. The van der Waals surface area contributed by atoms with Crippen LogP contribution < -0.4 is 11.1 Å². The van der Waals surface area contributed by atoms with Crippen molar-refractivity contribution in [3.05, 3.63) is 58.9 Å². The lowest BCUT2D eigenvalue weighted by Gasteiger charge is -2.10. The quantitative estimate of drug-likeness (QED) is 0.848. The van der Waals surface area contributed by atoms with E-state index in [9.17, 15) is 18.4 Å². The van der Waals surface area contributed by atoms with Crippen molar-refractivity contribution in [3.63, 3.8) is 0 Å². The maximum Gasteiger partial charge on any atom is 0.274 e. The first-order valence-corrected chi connectivity index (χ1v) is 5.92. The fourth-order valence-electron chi connectivity index (χ4n) is 1.67. The molecule has 1 aromatic heterocycles. The molecule has 0 fully saturated rings. The van der Waals surface area contributed by atoms with Gasteiger partial charge in [-0.25, -0.2) is 9.37 Å². The van der Waals surface area contributed by atoms with Gasteiger partial charge in [-0.2, -0.15) is 4.39 Å². The van der Waals surface area contributed by atoms with Crippen LogP contribution in [-0.2, 0) is 0 Å². The van der Waals surface area contributed by atoms with E-state index in [1.807, 2.05) is 0 Å². The molecule has 2 rings (SSSR count). The van der Waals surface area contributed by atoms with Crippen LogP contribution in [0.3, 0.4) is 0 Å². The molecular weight excluding hydrogens is 280 g/mol. The summed E-state index contributed by atoms with van der Waals surface area (Å²) < 4.78 is 26.6. The Morgan fingerprint density at radius 3 is 2.57 bits per heavy atom. The van der Waals surface area contributed by atoms with Gasteiger partial charge in [0.05, 0.1) is 0 Å². The number of nitrogens with one attached hydrogen (secondary N) is 1. The van der Waals surface area contributed by atoms with Crippen LogP contribution in [0.25, 0.3) is 0 Å². The average molecular weight is 291 g/mol. The highest BCUT2D eigenvalue weighted by atomic mass is 19.1. The molecule has 0 aliphatic rings. The lowest BCUT2D eigenvalue weighted by Crippen LogP contribution is -2.17. The molecular formula is C14H11F2N3O2. The molecule has 0 atom stereocenters. The number of primary amides is 1. The number of carbonyl (C=O) groups excluding carboxylic acids is 2. The average Bonchev–Trinajstić information content (AvgIpc) is 2.43. The number of pyridine rings is 1. The molecule has 0 aliphatic heterocycles. The largest absolute Gasteiger partial charge is 0.366 e. The van der Waals surface area contributed by atoms with Crippen molar-refractivity contribution >= 4 is 17.5 Å². The van der Waals surface area contributed by atoms with Crippen LogP contribution in [0.15, 0.2) is 30.3 Å². The smallest absolute Gasteiger partial charge is 0.274 e. The summed E-state index contributed by atoms with van der Waals surface area (Å²) in [5, 5.41) is 2.37. The predicted octanol–water partition coefficient (Wildman–Crippen LogP) is 2.02. The second-order valence-electron chi connectivity index (χ2n) is 4.29. The Balaban J connectivity index is 2.35. The first kappa shape index (κ1) is 14.6. The molecule has 0 saturated carbocycles. The van der Waals surface area contributed by atoms with Gasteiger partial charge in [0, 0.05) is 16.8 Å². The van der Waals surface area contributed by atoms with E-state index in [4.69, 9.17) is 5.73 Å². The van der Waals surface area contributed by atoms with Gasteiger partial charge in [0.1, 0.15) is 11.5 Å². The minimum atomic E-state index is -0.826. The molecule has 3 N–H and O–H groups in total. The molecule has 108 valence electrons. The molecule has 0 saturated heterocycles. The zero-order valence-corrected chi connectivity index (χ0v) is 11.0. The van der Waals surface area contributed by atoms with Gasteiger partial charge >= 0.3 is 0 Å². The lowest BCUT2D eigenvalue weighted by molar-refractivity contribution is 0.0995. The normalized spacial score (nSPS) is 10.2. The number of halogens is 2. The van der Waals surface area contributed by atoms with Crippen LogP contribution in [0.5, 0.6) is 0 Å². The topological polar surface area (TPSA) is 85.1 Å². The molecule has 2 amide bonds. The molecule has 5 nitrogen and oxygen atoms in total. The summed E-state index contributed by atoms with van der Waals surface area (Å²) in [7, 11) is 0. The lowest BCUT2D eigenvalue weighted by atomic mass is 10.1. The van der Waals surface area contributed by atoms with E-state index in [0.29, 0.717) is 0 Å². The number of hydrogen-bond acceptors (Lipinski definition) is 3. The SMILES string of the molecule is Cc1c(F)cc(C(N)=O)cc1NC(=O)c1cccc(F)n1. The van der Waals surface area contributed by atoms with E-state index in [-0.39, 0.29) is 22.5 Å². The molecule has 21 heavy (non-hydrogen) atoms. The summed E-state index contributed by atoms with van der Waals surface area (Å²) in [6.45, 7) is 1.43. The Bertz CT molecular complexity index is 732. The van der Waals surface area contributed by atoms with Crippen molar-refractivity contribution in [3.8, 4) is 0 Å². The molecule has 7 heteroatoms. The van der Waals surface area contributed by atoms with Gasteiger partial charge in [-0.3, -0.25) is 9.59 Å². The van der Waals surface area contributed by atoms with Gasteiger partial charge in [-0.15, -0.1) is 0 Å². The van der Waals surface area contributed by atoms with Gasteiger partial charge in [-0.05, 0) is 31.2 Å². The van der Waals surface area contributed by atoms with E-state index >= 15 is 0 Å². The van der Waals surface area contributed by atoms with Crippen LogP contribution in [0, 0.1) is 18.7 Å². The van der Waals surface area contributed by atoms with E-state index in [2.05, 4.69) is 10.3 Å². The molecule has 0 spiro atoms. The van der Waals surface area contributed by atoms with Gasteiger partial charge in [0.2, 0.25) is 11.9 Å². The molecule has 0 aliphatic carbocycles. The minimum Gasteiger partial charge on any atom is -0.366 e. The number of rotatable bonds is 3. The van der Waals surface area contributed by atoms with E-state index in [1.165, 1.54) is 25.1 Å². The summed E-state index contributed by atoms with van der Waals surface area (Å²) in [6.07, 6.45) is 0. The number of amides is 2. The number of anilines is 1. The van der Waals surface area contributed by atoms with E-state index in [1.54, 1.807) is 0 Å². The third-order valence-corrected chi connectivity index (χ3v) is 2.82. The maximum atomic E-state index is 13.7. The fraction of sp³-hybridized carbons (Fsp3) is 0.0714. The van der Waals surface area contributed by atoms with Crippen molar-refractivity contribution in [2.75, 3.05) is 5.32 Å². The Hall–Kier alpha value is -2.83. The summed E-state index contributed by atoms with van der Waals surface area (Å²) in [5.41, 5.74) is 5.03. The first-order valence-electron chi connectivity index (χ1n) is 5.92. The highest BCUT2D eigenvalue weighted by Crippen LogP contribution is 2.21. The zero-order valence-electron chi connectivity index (χ0n) is 11.0. The van der Waals surface area contributed by atoms with Crippen LogP contribution in [0.4, 0.5) is 14.5 Å². The van der Waals surface area contributed by atoms with Gasteiger partial charge in [-0.1, -0.05) is 6.07 Å². The molecule has 1 aromatic carbocycles. The standard InChI is InChI=1S/C14H11F2N3O2/c1-7-9(15)5-8(13(17)20)6-11(7)19-14(21)10-3-2-4-12(16)18-10/h2-6H,1H3,(H2,17,20)(H,19,21). The monoisotopic (exact) mass is 291 g/mol. The number of hydrogen-bond donors (Lipinski definition) is 2. The molecule has 0 radical (unpaired) electrons. The van der Waals surface area contributed by atoms with Crippen LogP contribution in [0.2, 0.25) is 0 Å². The zero-order chi connectivity index (χ0) is 15.6. The van der Waals surface area contributed by atoms with E-state index < -0.39 is 23.6 Å². The van der Waals surface area contributed by atoms with Crippen LogP contribution >= 0.6 is 0 Å². The van der Waals surface area contributed by atoms with Crippen molar-refractivity contribution in [1.82, 2.24) is 4.98 Å². The van der Waals surface area contributed by atoms with Gasteiger partial charge in [0.15, 0.2) is 0 Å². The summed E-state index contributed by atoms with van der Waals surface area (Å²) in [6, 6.07) is 5.95. The molecule has 1 heterocycles. The highest BCUT2D eigenvalue weighted by Gasteiger charge is 2.14. The first-order chi connectivity index (χ1) is 9.88. The molecule has 0 bridgehead atoms. The predicted molar refractivity (Wildman–Crippen MR) is 71.8 cm³/mol. The second-order valence-corrected chi connectivity index (χ2v) is 4.29. The Kier molecular flexibility index (Phi) is 3.93. The number of carbonyl (C=O) groups is 2. The second kappa shape index (κ2) is 5.66. The van der Waals surface area contributed by atoms with Crippen LogP contribution in [-0.4, -0.2) is 16.8 Å². The third-order valence-electron chi connectivity index (χ3n) is 2.82. The van der Waals surface area contributed by atoms with E-state index in [0.717, 1.165) is 12.1 Å². The third kappa shape index (κ3) is 3.19.